The molecule has 9 N–H and O–H groups in total. The number of aliphatic hydroxyl groups excluding tert-OH is 8. The Morgan fingerprint density at radius 2 is 0.899 bits per heavy atom. The van der Waals surface area contributed by atoms with Gasteiger partial charge in [0.2, 0.25) is 5.91 Å². The van der Waals surface area contributed by atoms with Crippen LogP contribution in [-0.4, -0.2) is 140 Å². The summed E-state index contributed by atoms with van der Waals surface area (Å²) in [6, 6.07) is -0.908. The Morgan fingerprint density at radius 3 is 1.33 bits per heavy atom. The van der Waals surface area contributed by atoms with Gasteiger partial charge in [-0.15, -0.1) is 0 Å². The van der Waals surface area contributed by atoms with Crippen molar-refractivity contribution >= 4 is 5.91 Å². The Kier molecular flexibility index (Phi) is 39.0. The van der Waals surface area contributed by atoms with Crippen molar-refractivity contribution in [2.75, 3.05) is 19.8 Å². The zero-order chi connectivity index (χ0) is 50.3. The maximum absolute atomic E-state index is 13.2. The van der Waals surface area contributed by atoms with Crippen LogP contribution in [0.15, 0.2) is 12.2 Å². The third-order valence-corrected chi connectivity index (χ3v) is 14.2. The van der Waals surface area contributed by atoms with E-state index >= 15 is 0 Å². The number of hydrogen-bond donors (Lipinski definition) is 9. The smallest absolute Gasteiger partial charge is 0.220 e. The largest absolute Gasteiger partial charge is 0.394 e. The van der Waals surface area contributed by atoms with Crippen LogP contribution < -0.4 is 5.32 Å². The standard InChI is InChI=1S/C55H105NO13/c1-3-5-7-9-11-13-15-17-18-19-20-21-22-23-24-25-26-27-29-31-33-35-37-39-47(60)56-43(44(59)38-36-34-32-30-28-16-14-12-10-8-6-4-2)42-66-54-52(65)50(63)53(46(41-58)68-54)69-55-51(64)49(62)48(61)45(40-57)67-55/h36,38,43-46,48-55,57-59,61-65H,3-35,37,39-42H2,1-2H3,(H,56,60)/b38-36+/t43-,44+,45+,46+,48-,49?,50?,51?,52?,53+,54+,55-/m0/s1. The van der Waals surface area contributed by atoms with Crippen LogP contribution in [0, 0.1) is 0 Å². The second kappa shape index (κ2) is 42.1. The van der Waals surface area contributed by atoms with E-state index in [9.17, 15) is 45.6 Å². The lowest BCUT2D eigenvalue weighted by Gasteiger charge is -2.46. The maximum Gasteiger partial charge on any atom is 0.220 e. The number of hydrogen-bond acceptors (Lipinski definition) is 13. The molecule has 0 bridgehead atoms. The molecule has 69 heavy (non-hydrogen) atoms. The van der Waals surface area contributed by atoms with Gasteiger partial charge in [-0.25, -0.2) is 0 Å². The average Bonchev–Trinajstić information content (AvgIpc) is 3.35. The van der Waals surface area contributed by atoms with Crippen molar-refractivity contribution in [1.82, 2.24) is 5.32 Å². The number of allylic oxidation sites excluding steroid dienone is 1. The molecule has 0 aliphatic carbocycles. The monoisotopic (exact) mass is 988 g/mol. The van der Waals surface area contributed by atoms with Gasteiger partial charge in [0.25, 0.3) is 0 Å². The van der Waals surface area contributed by atoms with Gasteiger partial charge >= 0.3 is 0 Å². The molecule has 0 aromatic heterocycles. The maximum atomic E-state index is 13.2. The minimum atomic E-state index is -1.78. The van der Waals surface area contributed by atoms with E-state index in [2.05, 4.69) is 19.2 Å². The number of carbonyl (C=O) groups excluding carboxylic acids is 1. The summed E-state index contributed by atoms with van der Waals surface area (Å²) < 4.78 is 22.7. The molecular weight excluding hydrogens is 883 g/mol. The van der Waals surface area contributed by atoms with Crippen molar-refractivity contribution < 1.29 is 64.6 Å². The van der Waals surface area contributed by atoms with Crippen molar-refractivity contribution in [3.63, 3.8) is 0 Å². The van der Waals surface area contributed by atoms with Crippen LogP contribution in [0.25, 0.3) is 0 Å². The number of amides is 1. The quantitative estimate of drug-likeness (QED) is 0.0206. The first kappa shape index (κ1) is 63.8. The van der Waals surface area contributed by atoms with Gasteiger partial charge in [-0.3, -0.25) is 4.79 Å². The van der Waals surface area contributed by atoms with Crippen LogP contribution in [-0.2, 0) is 23.7 Å². The van der Waals surface area contributed by atoms with Gasteiger partial charge in [0, 0.05) is 6.42 Å². The van der Waals surface area contributed by atoms with Gasteiger partial charge in [-0.05, 0) is 19.3 Å². The molecule has 0 saturated carbocycles. The van der Waals surface area contributed by atoms with Crippen LogP contribution in [0.3, 0.4) is 0 Å². The Hall–Kier alpha value is -1.27. The molecule has 2 saturated heterocycles. The highest BCUT2D eigenvalue weighted by Gasteiger charge is 2.51. The van der Waals surface area contributed by atoms with Crippen LogP contribution >= 0.6 is 0 Å². The lowest BCUT2D eigenvalue weighted by molar-refractivity contribution is -0.359. The van der Waals surface area contributed by atoms with E-state index in [1.165, 1.54) is 173 Å². The lowest BCUT2D eigenvalue weighted by Crippen LogP contribution is -2.65. The number of aliphatic hydroxyl groups is 8. The molecule has 2 rings (SSSR count). The van der Waals surface area contributed by atoms with E-state index in [1.807, 2.05) is 6.08 Å². The fourth-order valence-electron chi connectivity index (χ4n) is 9.59. The number of rotatable bonds is 45. The lowest BCUT2D eigenvalue weighted by atomic mass is 9.97. The fraction of sp³-hybridized carbons (Fsp3) is 0.945. The Bertz CT molecular complexity index is 1210. The van der Waals surface area contributed by atoms with Gasteiger partial charge < -0.3 is 65.1 Å². The second-order valence-corrected chi connectivity index (χ2v) is 20.4. The summed E-state index contributed by atoms with van der Waals surface area (Å²) in [4.78, 5) is 13.2. The summed E-state index contributed by atoms with van der Waals surface area (Å²) in [6.07, 6.45) is 29.7. The van der Waals surface area contributed by atoms with Gasteiger partial charge in [0.1, 0.15) is 48.8 Å². The van der Waals surface area contributed by atoms with E-state index in [1.54, 1.807) is 6.08 Å². The number of nitrogens with one attached hydrogen (secondary N) is 1. The molecule has 2 fully saturated rings. The van der Waals surface area contributed by atoms with Crippen LogP contribution in [0.1, 0.15) is 239 Å². The van der Waals surface area contributed by atoms with Crippen molar-refractivity contribution in [2.24, 2.45) is 0 Å². The van der Waals surface area contributed by atoms with Crippen LogP contribution in [0.4, 0.5) is 0 Å². The van der Waals surface area contributed by atoms with Gasteiger partial charge in [0.15, 0.2) is 12.6 Å². The number of carbonyl (C=O) groups is 1. The zero-order valence-electron chi connectivity index (χ0n) is 43.6. The third-order valence-electron chi connectivity index (χ3n) is 14.2. The minimum absolute atomic E-state index is 0.236. The highest BCUT2D eigenvalue weighted by molar-refractivity contribution is 5.76. The molecule has 12 atom stereocenters. The molecule has 14 heteroatoms. The number of ether oxygens (including phenoxy) is 4. The molecule has 2 heterocycles. The SMILES string of the molecule is CCCCCCCCCCCC/C=C/[C@@H](O)[C@H](CO[C@@H]1O[C@H](CO)[C@@H](O[C@@H]2O[C@H](CO)[C@H](O)C(O)C2O)C(O)C1O)NC(=O)CCCCCCCCCCCCCCCCCCCCCCCCC. The molecule has 1 amide bonds. The summed E-state index contributed by atoms with van der Waals surface area (Å²) in [5.74, 6) is -0.236. The first-order chi connectivity index (χ1) is 33.6. The van der Waals surface area contributed by atoms with E-state index in [-0.39, 0.29) is 18.9 Å². The first-order valence-electron chi connectivity index (χ1n) is 28.4. The highest BCUT2D eigenvalue weighted by Crippen LogP contribution is 2.30. The highest BCUT2D eigenvalue weighted by atomic mass is 16.7. The molecule has 0 aromatic carbocycles. The first-order valence-corrected chi connectivity index (χ1v) is 28.4. The predicted molar refractivity (Wildman–Crippen MR) is 272 cm³/mol. The Morgan fingerprint density at radius 1 is 0.507 bits per heavy atom. The number of unbranched alkanes of at least 4 members (excludes halogenated alkanes) is 32. The summed E-state index contributed by atoms with van der Waals surface area (Å²) >= 11 is 0. The molecule has 0 radical (unpaired) electrons. The molecule has 2 aliphatic rings. The average molecular weight is 988 g/mol. The van der Waals surface area contributed by atoms with Gasteiger partial charge in [0.05, 0.1) is 32.0 Å². The van der Waals surface area contributed by atoms with E-state index in [0.717, 1.165) is 38.5 Å². The molecule has 14 nitrogen and oxygen atoms in total. The normalized spacial score (nSPS) is 26.2. The minimum Gasteiger partial charge on any atom is -0.394 e. The molecule has 408 valence electrons. The zero-order valence-corrected chi connectivity index (χ0v) is 43.6. The van der Waals surface area contributed by atoms with Gasteiger partial charge in [-0.2, -0.15) is 0 Å². The summed E-state index contributed by atoms with van der Waals surface area (Å²) in [5, 5.41) is 86.8. The molecular formula is C55H105NO13. The van der Waals surface area contributed by atoms with Crippen molar-refractivity contribution in [1.29, 1.82) is 0 Å². The van der Waals surface area contributed by atoms with Crippen LogP contribution in [0.5, 0.6) is 0 Å². The molecule has 2 aliphatic heterocycles. The fourth-order valence-corrected chi connectivity index (χ4v) is 9.59. The van der Waals surface area contributed by atoms with E-state index in [0.29, 0.717) is 6.42 Å². The molecule has 4 unspecified atom stereocenters. The second-order valence-electron chi connectivity index (χ2n) is 20.4. The topological polar surface area (TPSA) is 228 Å². The van der Waals surface area contributed by atoms with E-state index in [4.69, 9.17) is 18.9 Å². The molecule has 0 aromatic rings. The van der Waals surface area contributed by atoms with E-state index < -0.39 is 86.8 Å². The van der Waals surface area contributed by atoms with Crippen LogP contribution in [0.2, 0.25) is 0 Å². The predicted octanol–water partition coefficient (Wildman–Crippen LogP) is 8.72. The Labute approximate surface area is 418 Å². The summed E-state index contributed by atoms with van der Waals surface area (Å²) in [7, 11) is 0. The Balaban J connectivity index is 1.74. The summed E-state index contributed by atoms with van der Waals surface area (Å²) in [6.45, 7) is 2.80. The van der Waals surface area contributed by atoms with Crippen molar-refractivity contribution in [2.45, 2.75) is 312 Å². The van der Waals surface area contributed by atoms with Crippen molar-refractivity contribution in [3.05, 3.63) is 12.2 Å². The summed E-state index contributed by atoms with van der Waals surface area (Å²) in [5.41, 5.74) is 0. The van der Waals surface area contributed by atoms with Gasteiger partial charge in [-0.1, -0.05) is 225 Å². The molecule has 0 spiro atoms. The third kappa shape index (κ3) is 28.7. The van der Waals surface area contributed by atoms with Crippen molar-refractivity contribution in [3.8, 4) is 0 Å².